The molecular weight excluding hydrogens is 374 g/mol. The maximum atomic E-state index is 12.1. The second-order valence-electron chi connectivity index (χ2n) is 6.76. The van der Waals surface area contributed by atoms with E-state index < -0.39 is 15.9 Å². The summed E-state index contributed by atoms with van der Waals surface area (Å²) in [6.45, 7) is 5.64. The number of carbonyl (C=O) groups is 1. The van der Waals surface area contributed by atoms with Crippen LogP contribution in [0.1, 0.15) is 26.7 Å². The van der Waals surface area contributed by atoms with Gasteiger partial charge in [-0.1, -0.05) is 26.8 Å². The molecule has 2 N–H and O–H groups in total. The van der Waals surface area contributed by atoms with Gasteiger partial charge in [-0.25, -0.2) is 18.1 Å². The molecule has 0 bridgehead atoms. The van der Waals surface area contributed by atoms with Gasteiger partial charge in [-0.3, -0.25) is 4.79 Å². The zero-order valence-electron chi connectivity index (χ0n) is 14.6. The molecular formula is C17H19N3O4S2. The molecule has 0 atom stereocenters. The standard InChI is InChI=1S/C17H19N3O4S2/c1-17(2,3)16-20-12-9-11(6-7-13(12)24-16)19-14(21)10-18-26(22,23)15-5-4-8-25-15/h4-9,18H,10H2,1-3H3,(H,19,21). The first-order chi connectivity index (χ1) is 12.1. The summed E-state index contributed by atoms with van der Waals surface area (Å²) in [4.78, 5) is 16.5. The summed E-state index contributed by atoms with van der Waals surface area (Å²) in [5, 5.41) is 4.32. The zero-order chi connectivity index (χ0) is 18.9. The van der Waals surface area contributed by atoms with E-state index in [1.165, 1.54) is 6.07 Å². The Morgan fingerprint density at radius 1 is 1.27 bits per heavy atom. The van der Waals surface area contributed by atoms with E-state index in [1.54, 1.807) is 29.6 Å². The molecule has 0 unspecified atom stereocenters. The quantitative estimate of drug-likeness (QED) is 0.694. The summed E-state index contributed by atoms with van der Waals surface area (Å²) in [6, 6.07) is 8.23. The van der Waals surface area contributed by atoms with Gasteiger partial charge in [0.2, 0.25) is 11.8 Å². The smallest absolute Gasteiger partial charge is 0.250 e. The van der Waals surface area contributed by atoms with Crippen molar-refractivity contribution in [1.82, 2.24) is 9.71 Å². The molecule has 138 valence electrons. The monoisotopic (exact) mass is 393 g/mol. The van der Waals surface area contributed by atoms with E-state index in [0.717, 1.165) is 11.3 Å². The van der Waals surface area contributed by atoms with Crippen LogP contribution in [0.25, 0.3) is 11.1 Å². The van der Waals surface area contributed by atoms with Gasteiger partial charge in [-0.2, -0.15) is 0 Å². The van der Waals surface area contributed by atoms with Gasteiger partial charge in [0, 0.05) is 11.1 Å². The molecule has 1 amide bonds. The Balaban J connectivity index is 1.67. The van der Waals surface area contributed by atoms with Crippen molar-refractivity contribution in [2.45, 2.75) is 30.4 Å². The van der Waals surface area contributed by atoms with E-state index in [4.69, 9.17) is 4.42 Å². The maximum absolute atomic E-state index is 12.1. The molecule has 0 spiro atoms. The molecule has 0 aliphatic heterocycles. The fraction of sp³-hybridized carbons (Fsp3) is 0.294. The number of nitrogens with zero attached hydrogens (tertiary/aromatic N) is 1. The van der Waals surface area contributed by atoms with Gasteiger partial charge in [0.05, 0.1) is 6.54 Å². The highest BCUT2D eigenvalue weighted by Gasteiger charge is 2.21. The molecule has 2 heterocycles. The third-order valence-corrected chi connectivity index (χ3v) is 6.29. The van der Waals surface area contributed by atoms with Crippen molar-refractivity contribution in [3.8, 4) is 0 Å². The van der Waals surface area contributed by atoms with Crippen LogP contribution < -0.4 is 10.0 Å². The van der Waals surface area contributed by atoms with Crippen molar-refractivity contribution in [2.75, 3.05) is 11.9 Å². The van der Waals surface area contributed by atoms with Crippen molar-refractivity contribution < 1.29 is 17.6 Å². The number of carbonyl (C=O) groups excluding carboxylic acids is 1. The maximum Gasteiger partial charge on any atom is 0.250 e. The van der Waals surface area contributed by atoms with Crippen LogP contribution in [0.3, 0.4) is 0 Å². The van der Waals surface area contributed by atoms with E-state index in [2.05, 4.69) is 15.0 Å². The predicted molar refractivity (Wildman–Crippen MR) is 101 cm³/mol. The molecule has 0 saturated carbocycles. The Hall–Kier alpha value is -2.23. The van der Waals surface area contributed by atoms with Crippen LogP contribution in [0.5, 0.6) is 0 Å². The molecule has 9 heteroatoms. The average Bonchev–Trinajstić information content (AvgIpc) is 3.22. The summed E-state index contributed by atoms with van der Waals surface area (Å²) in [6.07, 6.45) is 0. The van der Waals surface area contributed by atoms with Crippen LogP contribution in [-0.4, -0.2) is 25.9 Å². The van der Waals surface area contributed by atoms with Gasteiger partial charge in [-0.15, -0.1) is 11.3 Å². The van der Waals surface area contributed by atoms with Gasteiger partial charge >= 0.3 is 0 Å². The first-order valence-corrected chi connectivity index (χ1v) is 10.3. The highest BCUT2D eigenvalue weighted by atomic mass is 32.2. The number of anilines is 1. The number of rotatable bonds is 5. The van der Waals surface area contributed by atoms with Gasteiger partial charge < -0.3 is 9.73 Å². The van der Waals surface area contributed by atoms with Crippen molar-refractivity contribution in [3.05, 3.63) is 41.6 Å². The van der Waals surface area contributed by atoms with Gasteiger partial charge in [-0.05, 0) is 29.6 Å². The summed E-state index contributed by atoms with van der Waals surface area (Å²) >= 11 is 1.09. The number of aromatic nitrogens is 1. The number of hydrogen-bond donors (Lipinski definition) is 2. The normalized spacial score (nSPS) is 12.4. The first-order valence-electron chi connectivity index (χ1n) is 7.89. The van der Waals surface area contributed by atoms with Crippen LogP contribution in [-0.2, 0) is 20.2 Å². The number of benzene rings is 1. The van der Waals surface area contributed by atoms with Crippen LogP contribution in [0, 0.1) is 0 Å². The lowest BCUT2D eigenvalue weighted by Gasteiger charge is -2.11. The highest BCUT2D eigenvalue weighted by molar-refractivity contribution is 7.91. The van der Waals surface area contributed by atoms with Gasteiger partial charge in [0.15, 0.2) is 5.58 Å². The van der Waals surface area contributed by atoms with E-state index in [1.807, 2.05) is 20.8 Å². The lowest BCUT2D eigenvalue weighted by molar-refractivity contribution is -0.115. The first kappa shape index (κ1) is 18.6. The second-order valence-corrected chi connectivity index (χ2v) is 9.70. The van der Waals surface area contributed by atoms with Crippen LogP contribution in [0.2, 0.25) is 0 Å². The molecule has 2 aromatic heterocycles. The number of sulfonamides is 1. The predicted octanol–water partition coefficient (Wildman–Crippen LogP) is 3.10. The number of hydrogen-bond acceptors (Lipinski definition) is 6. The molecule has 0 radical (unpaired) electrons. The van der Waals surface area contributed by atoms with Crippen LogP contribution in [0.15, 0.2) is 44.3 Å². The lowest BCUT2D eigenvalue weighted by Crippen LogP contribution is -2.32. The molecule has 26 heavy (non-hydrogen) atoms. The Bertz CT molecular complexity index is 1030. The minimum atomic E-state index is -3.67. The molecule has 0 aliphatic rings. The number of nitrogens with one attached hydrogen (secondary N) is 2. The molecule has 0 aliphatic carbocycles. The fourth-order valence-electron chi connectivity index (χ4n) is 2.18. The summed E-state index contributed by atoms with van der Waals surface area (Å²) in [5.74, 6) is 0.142. The third-order valence-electron chi connectivity index (χ3n) is 3.50. The number of thiophene rings is 1. The minimum absolute atomic E-state index is 0.170. The Labute approximate surface area is 155 Å². The summed E-state index contributed by atoms with van der Waals surface area (Å²) in [7, 11) is -3.67. The van der Waals surface area contributed by atoms with Gasteiger partial charge in [0.1, 0.15) is 9.73 Å². The fourth-order valence-corrected chi connectivity index (χ4v) is 4.20. The number of amides is 1. The Morgan fingerprint density at radius 2 is 2.04 bits per heavy atom. The minimum Gasteiger partial charge on any atom is -0.440 e. The molecule has 1 aromatic carbocycles. The van der Waals surface area contributed by atoms with E-state index in [0.29, 0.717) is 22.7 Å². The van der Waals surface area contributed by atoms with Crippen molar-refractivity contribution >= 4 is 44.1 Å². The average molecular weight is 393 g/mol. The van der Waals surface area contributed by atoms with Crippen LogP contribution in [0.4, 0.5) is 5.69 Å². The van der Waals surface area contributed by atoms with E-state index in [9.17, 15) is 13.2 Å². The number of oxazole rings is 1. The summed E-state index contributed by atoms with van der Waals surface area (Å²) < 4.78 is 32.2. The summed E-state index contributed by atoms with van der Waals surface area (Å²) in [5.41, 5.74) is 1.56. The molecule has 3 aromatic rings. The van der Waals surface area contributed by atoms with E-state index >= 15 is 0 Å². The number of fused-ring (bicyclic) bond motifs is 1. The highest BCUT2D eigenvalue weighted by Crippen LogP contribution is 2.27. The van der Waals surface area contributed by atoms with Crippen molar-refractivity contribution in [3.63, 3.8) is 0 Å². The van der Waals surface area contributed by atoms with Gasteiger partial charge in [0.25, 0.3) is 10.0 Å². The second kappa shape index (κ2) is 6.82. The zero-order valence-corrected chi connectivity index (χ0v) is 16.2. The SMILES string of the molecule is CC(C)(C)c1nc2cc(NC(=O)CNS(=O)(=O)c3cccs3)ccc2o1. The third kappa shape index (κ3) is 4.12. The molecule has 0 saturated heterocycles. The molecule has 3 rings (SSSR count). The van der Waals surface area contributed by atoms with E-state index in [-0.39, 0.29) is 16.2 Å². The van der Waals surface area contributed by atoms with Crippen molar-refractivity contribution in [2.24, 2.45) is 0 Å². The van der Waals surface area contributed by atoms with Crippen LogP contribution >= 0.6 is 11.3 Å². The lowest BCUT2D eigenvalue weighted by atomic mass is 9.97. The molecule has 7 nitrogen and oxygen atoms in total. The Morgan fingerprint density at radius 3 is 2.69 bits per heavy atom. The Kier molecular flexibility index (Phi) is 4.87. The topological polar surface area (TPSA) is 101 Å². The molecule has 0 fully saturated rings. The van der Waals surface area contributed by atoms with Crippen molar-refractivity contribution in [1.29, 1.82) is 0 Å². The largest absolute Gasteiger partial charge is 0.440 e.